The fourth-order valence-electron chi connectivity index (χ4n) is 3.40. The van der Waals surface area contributed by atoms with Crippen LogP contribution in [0.5, 0.6) is 5.75 Å². The number of alkyl halides is 2. The second kappa shape index (κ2) is 7.49. The molecule has 3 atom stereocenters. The highest BCUT2D eigenvalue weighted by Gasteiger charge is 2.40. The van der Waals surface area contributed by atoms with Crippen molar-refractivity contribution in [3.8, 4) is 5.75 Å². The Bertz CT molecular complexity index is 761. The lowest BCUT2D eigenvalue weighted by Crippen LogP contribution is -2.35. The van der Waals surface area contributed by atoms with E-state index in [0.717, 1.165) is 18.4 Å². The fraction of sp³-hybridized carbons (Fsp3) is 0.474. The summed E-state index contributed by atoms with van der Waals surface area (Å²) in [7, 11) is 1.60. The van der Waals surface area contributed by atoms with Gasteiger partial charge >= 0.3 is 6.03 Å². The number of allylic oxidation sites excluding steroid dienone is 1. The summed E-state index contributed by atoms with van der Waals surface area (Å²) in [6.45, 7) is 3.63. The summed E-state index contributed by atoms with van der Waals surface area (Å²) in [6.07, 6.45) is 2.19. The van der Waals surface area contributed by atoms with Crippen LogP contribution in [0.25, 0.3) is 0 Å². The average molecular weight is 397 g/mol. The van der Waals surface area contributed by atoms with Crippen LogP contribution in [0.3, 0.4) is 0 Å². The normalized spacial score (nSPS) is 26.5. The van der Waals surface area contributed by atoms with Crippen molar-refractivity contribution in [2.24, 2.45) is 0 Å². The molecule has 0 bridgehead atoms. The van der Waals surface area contributed by atoms with Crippen LogP contribution >= 0.6 is 23.2 Å². The van der Waals surface area contributed by atoms with Gasteiger partial charge in [-0.15, -0.1) is 23.2 Å². The number of amides is 3. The number of likely N-dealkylation sites (N-methyl/N-ethyl adjacent to an activating group) is 1. The Hall–Kier alpha value is -1.72. The highest BCUT2D eigenvalue weighted by atomic mass is 35.5. The van der Waals surface area contributed by atoms with E-state index in [0.29, 0.717) is 23.6 Å². The maximum absolute atomic E-state index is 12.7. The van der Waals surface area contributed by atoms with E-state index in [4.69, 9.17) is 27.9 Å². The van der Waals surface area contributed by atoms with Crippen LogP contribution in [-0.2, 0) is 4.79 Å². The van der Waals surface area contributed by atoms with Crippen LogP contribution in [0, 0.1) is 0 Å². The molecule has 3 unspecified atom stereocenters. The van der Waals surface area contributed by atoms with Gasteiger partial charge in [0.05, 0.1) is 11.1 Å². The predicted octanol–water partition coefficient (Wildman–Crippen LogP) is 4.53. The molecule has 1 aromatic carbocycles. The molecule has 1 saturated carbocycles. The molecule has 1 aliphatic heterocycles. The van der Waals surface area contributed by atoms with Gasteiger partial charge in [-0.05, 0) is 50.8 Å². The predicted molar refractivity (Wildman–Crippen MR) is 103 cm³/mol. The number of rotatable bonds is 3. The van der Waals surface area contributed by atoms with Gasteiger partial charge in [0.2, 0.25) is 0 Å². The molecule has 7 heteroatoms. The van der Waals surface area contributed by atoms with Crippen molar-refractivity contribution in [1.29, 1.82) is 0 Å². The molecular weight excluding hydrogens is 375 g/mol. The zero-order valence-electron chi connectivity index (χ0n) is 15.0. The molecular formula is C19H22Cl2N2O3. The number of carbonyl (C=O) groups is 2. The quantitative estimate of drug-likeness (QED) is 0.428. The van der Waals surface area contributed by atoms with Gasteiger partial charge in [-0.2, -0.15) is 0 Å². The Kier molecular flexibility index (Phi) is 5.49. The number of hydrogen-bond acceptors (Lipinski definition) is 3. The third-order valence-corrected chi connectivity index (χ3v) is 5.56. The molecule has 26 heavy (non-hydrogen) atoms. The molecule has 0 aromatic heterocycles. The first-order chi connectivity index (χ1) is 12.3. The Morgan fingerprint density at radius 2 is 1.92 bits per heavy atom. The first kappa shape index (κ1) is 19.1. The fourth-order valence-corrected chi connectivity index (χ4v) is 4.20. The zero-order chi connectivity index (χ0) is 19.0. The summed E-state index contributed by atoms with van der Waals surface area (Å²) >= 11 is 12.5. The lowest BCUT2D eigenvalue weighted by atomic mass is 9.96. The molecule has 5 nitrogen and oxygen atoms in total. The van der Waals surface area contributed by atoms with Crippen LogP contribution in [0.4, 0.5) is 10.5 Å². The molecule has 2 aliphatic rings. The molecule has 1 heterocycles. The summed E-state index contributed by atoms with van der Waals surface area (Å²) in [6, 6.07) is 6.62. The van der Waals surface area contributed by atoms with Gasteiger partial charge in [0.15, 0.2) is 0 Å². The van der Waals surface area contributed by atoms with E-state index in [-0.39, 0.29) is 28.8 Å². The minimum atomic E-state index is -0.374. The average Bonchev–Trinajstić information content (AvgIpc) is 2.80. The van der Waals surface area contributed by atoms with Crippen molar-refractivity contribution in [3.05, 3.63) is 35.5 Å². The van der Waals surface area contributed by atoms with E-state index >= 15 is 0 Å². The van der Waals surface area contributed by atoms with Gasteiger partial charge in [-0.3, -0.25) is 9.69 Å². The van der Waals surface area contributed by atoms with Crippen LogP contribution in [0.2, 0.25) is 0 Å². The first-order valence-electron chi connectivity index (χ1n) is 8.64. The molecule has 140 valence electrons. The van der Waals surface area contributed by atoms with Gasteiger partial charge in [0.1, 0.15) is 17.6 Å². The van der Waals surface area contributed by atoms with Crippen LogP contribution in [0.1, 0.15) is 33.1 Å². The number of benzene rings is 1. The number of ether oxygens (including phenoxy) is 1. The minimum Gasteiger partial charge on any atom is -0.489 e. The van der Waals surface area contributed by atoms with Crippen molar-refractivity contribution in [1.82, 2.24) is 4.90 Å². The van der Waals surface area contributed by atoms with Gasteiger partial charge < -0.3 is 4.74 Å². The lowest BCUT2D eigenvalue weighted by Gasteiger charge is -2.30. The van der Waals surface area contributed by atoms with Crippen molar-refractivity contribution in [3.63, 3.8) is 0 Å². The lowest BCUT2D eigenvalue weighted by molar-refractivity contribution is -0.114. The highest BCUT2D eigenvalue weighted by molar-refractivity contribution is 6.27. The number of urea groups is 1. The van der Waals surface area contributed by atoms with E-state index in [9.17, 15) is 9.59 Å². The van der Waals surface area contributed by atoms with Crippen LogP contribution < -0.4 is 9.64 Å². The van der Waals surface area contributed by atoms with Crippen molar-refractivity contribution >= 4 is 40.8 Å². The van der Waals surface area contributed by atoms with Gasteiger partial charge in [-0.25, -0.2) is 9.69 Å². The Morgan fingerprint density at radius 1 is 1.19 bits per heavy atom. The summed E-state index contributed by atoms with van der Waals surface area (Å²) in [5.74, 6) is 0.257. The number of anilines is 1. The number of hydrogen-bond donors (Lipinski definition) is 0. The monoisotopic (exact) mass is 396 g/mol. The van der Waals surface area contributed by atoms with Gasteiger partial charge in [0, 0.05) is 18.5 Å². The molecule has 1 aliphatic carbocycles. The molecule has 0 radical (unpaired) electrons. The van der Waals surface area contributed by atoms with E-state index in [1.807, 2.05) is 13.8 Å². The second-order valence-electron chi connectivity index (χ2n) is 6.91. The van der Waals surface area contributed by atoms with E-state index in [1.165, 1.54) is 9.80 Å². The number of halogens is 2. The highest BCUT2D eigenvalue weighted by Crippen LogP contribution is 2.33. The smallest absolute Gasteiger partial charge is 0.336 e. The second-order valence-corrected chi connectivity index (χ2v) is 8.09. The van der Waals surface area contributed by atoms with Crippen molar-refractivity contribution in [2.75, 3.05) is 11.9 Å². The van der Waals surface area contributed by atoms with E-state index in [1.54, 1.807) is 31.3 Å². The number of carbonyl (C=O) groups excluding carboxylic acids is 2. The van der Waals surface area contributed by atoms with Gasteiger partial charge in [-0.1, -0.05) is 6.07 Å². The summed E-state index contributed by atoms with van der Waals surface area (Å²) < 4.78 is 6.02. The van der Waals surface area contributed by atoms with E-state index in [2.05, 4.69) is 0 Å². The Morgan fingerprint density at radius 3 is 2.54 bits per heavy atom. The SMILES string of the molecule is CC(C)=C1C(=O)N(c2cccc(OC3CCC(Cl)CC3Cl)c2)C(=O)N1C. The molecule has 2 fully saturated rings. The minimum absolute atomic E-state index is 0.0848. The molecule has 0 N–H and O–H groups in total. The standard InChI is InChI=1S/C19H22Cl2N2O3/c1-11(2)17-18(24)23(19(25)22(17)3)13-5-4-6-14(10-13)26-16-8-7-12(20)9-15(16)21/h4-6,10,12,15-16H,7-9H2,1-3H3. The number of imide groups is 1. The summed E-state index contributed by atoms with van der Waals surface area (Å²) in [5.41, 5.74) is 1.68. The topological polar surface area (TPSA) is 49.9 Å². The molecule has 3 rings (SSSR count). The largest absolute Gasteiger partial charge is 0.489 e. The Labute approximate surface area is 163 Å². The molecule has 3 amide bonds. The maximum atomic E-state index is 12.7. The van der Waals surface area contributed by atoms with Crippen LogP contribution in [-0.4, -0.2) is 40.7 Å². The molecule has 1 aromatic rings. The third-order valence-electron chi connectivity index (χ3n) is 4.70. The van der Waals surface area contributed by atoms with Crippen LogP contribution in [0.15, 0.2) is 35.5 Å². The molecule has 1 saturated heterocycles. The van der Waals surface area contributed by atoms with Gasteiger partial charge in [0.25, 0.3) is 5.91 Å². The maximum Gasteiger partial charge on any atom is 0.336 e. The third kappa shape index (κ3) is 3.55. The first-order valence-corrected chi connectivity index (χ1v) is 9.51. The van der Waals surface area contributed by atoms with Crippen molar-refractivity contribution < 1.29 is 14.3 Å². The van der Waals surface area contributed by atoms with Crippen molar-refractivity contribution in [2.45, 2.75) is 50.0 Å². The molecule has 0 spiro atoms. The summed E-state index contributed by atoms with van der Waals surface area (Å²) in [4.78, 5) is 27.8. The summed E-state index contributed by atoms with van der Waals surface area (Å²) in [5, 5.41) is -0.0741. The Balaban J connectivity index is 1.83. The zero-order valence-corrected chi connectivity index (χ0v) is 16.5. The van der Waals surface area contributed by atoms with E-state index < -0.39 is 0 Å². The number of nitrogens with zero attached hydrogens (tertiary/aromatic N) is 2.